The molecule has 8 heavy (non-hydrogen) atoms. The summed E-state index contributed by atoms with van der Waals surface area (Å²) in [6.07, 6.45) is 0. The molecule has 0 saturated carbocycles. The van der Waals surface area contributed by atoms with Crippen molar-refractivity contribution < 1.29 is 10.2 Å². The Kier molecular flexibility index (Phi) is 124. The van der Waals surface area contributed by atoms with Gasteiger partial charge in [-0.2, -0.15) is 0 Å². The quantitative estimate of drug-likeness (QED) is 0.408. The molecule has 0 aliphatic rings. The van der Waals surface area contributed by atoms with Crippen molar-refractivity contribution >= 4 is 36.2 Å². The summed E-state index contributed by atoms with van der Waals surface area (Å²) in [5, 5.41) is 15.1. The van der Waals surface area contributed by atoms with Crippen LogP contribution in [0.3, 0.4) is 0 Å². The third-order valence-electron chi connectivity index (χ3n) is 0. The fraction of sp³-hybridized carbons (Fsp3) is 1.00. The second-order valence-electron chi connectivity index (χ2n) is 0.632. The van der Waals surface area contributed by atoms with Crippen molar-refractivity contribution in [2.45, 2.75) is 13.8 Å². The summed E-state index contributed by atoms with van der Waals surface area (Å²) in [6, 6.07) is 0. The predicted octanol–water partition coefficient (Wildman–Crippen LogP) is -1.03. The van der Waals surface area contributed by atoms with Crippen LogP contribution in [0.15, 0.2) is 0 Å². The van der Waals surface area contributed by atoms with Crippen LogP contribution < -0.4 is 0 Å². The summed E-state index contributed by atoms with van der Waals surface area (Å²) in [7, 11) is 0. The van der Waals surface area contributed by atoms with Crippen molar-refractivity contribution in [2.24, 2.45) is 0 Å². The molecule has 0 aromatic heterocycles. The van der Waals surface area contributed by atoms with Crippen molar-refractivity contribution in [1.29, 1.82) is 0 Å². The van der Waals surface area contributed by atoms with Gasteiger partial charge in [0.15, 0.2) is 0 Å². The van der Waals surface area contributed by atoms with Gasteiger partial charge < -0.3 is 10.2 Å². The molecule has 0 saturated heterocycles. The molecule has 0 spiro atoms. The van der Waals surface area contributed by atoms with E-state index in [-0.39, 0.29) is 49.4 Å². The third kappa shape index (κ3) is 234. The van der Waals surface area contributed by atoms with E-state index in [1.807, 2.05) is 0 Å². The Morgan fingerprint density at radius 2 is 1.00 bits per heavy atom. The molecule has 3 radical (unpaired) electrons. The first-order valence-electron chi connectivity index (χ1n) is 2.05. The third-order valence-corrected chi connectivity index (χ3v) is 0. The van der Waals surface area contributed by atoms with E-state index in [1.165, 1.54) is 0 Å². The Bertz CT molecular complexity index is 16.0. The van der Waals surface area contributed by atoms with Crippen LogP contribution >= 0.6 is 0 Å². The maximum absolute atomic E-state index is 7.57. The molecule has 4 heteroatoms. The van der Waals surface area contributed by atoms with E-state index in [4.69, 9.17) is 10.2 Å². The van der Waals surface area contributed by atoms with Gasteiger partial charge in [-0.15, -0.1) is 0 Å². The monoisotopic (exact) mass is 127 g/mol. The molecule has 0 amide bonds. The molecule has 0 rings (SSSR count). The first kappa shape index (κ1) is 23.0. The first-order valence-corrected chi connectivity index (χ1v) is 2.05. The molecule has 2 nitrogen and oxygen atoms in total. The molecule has 2 N–H and O–H groups in total. The topological polar surface area (TPSA) is 40.5 Å². The second-order valence-corrected chi connectivity index (χ2v) is 0.632. The van der Waals surface area contributed by atoms with E-state index in [1.54, 1.807) is 13.8 Å². The zero-order valence-electron chi connectivity index (χ0n) is 4.89. The van der Waals surface area contributed by atoms with Gasteiger partial charge in [-0.3, -0.25) is 0 Å². The predicted molar refractivity (Wildman–Crippen MR) is 38.4 cm³/mol. The Morgan fingerprint density at radius 1 is 1.00 bits per heavy atom. The summed E-state index contributed by atoms with van der Waals surface area (Å²) in [5.41, 5.74) is 0. The molecular formula is C4H13AlLiO2. The summed E-state index contributed by atoms with van der Waals surface area (Å²) >= 11 is 0. The van der Waals surface area contributed by atoms with Crippen LogP contribution in [-0.2, 0) is 0 Å². The van der Waals surface area contributed by atoms with E-state index >= 15 is 0 Å². The van der Waals surface area contributed by atoms with Crippen LogP contribution in [0.5, 0.6) is 0 Å². The average Bonchev–Trinajstić information content (AvgIpc) is 1.39. The number of aliphatic hydroxyl groups excluding tert-OH is 2. The molecule has 0 bridgehead atoms. The average molecular weight is 127 g/mol. The van der Waals surface area contributed by atoms with Gasteiger partial charge in [0.1, 0.15) is 0 Å². The van der Waals surface area contributed by atoms with E-state index < -0.39 is 0 Å². The summed E-state index contributed by atoms with van der Waals surface area (Å²) < 4.78 is 0. The van der Waals surface area contributed by atoms with E-state index in [9.17, 15) is 0 Å². The van der Waals surface area contributed by atoms with Crippen LogP contribution in [0.25, 0.3) is 0 Å². The van der Waals surface area contributed by atoms with Crippen molar-refractivity contribution in [3.8, 4) is 0 Å². The van der Waals surface area contributed by atoms with Gasteiger partial charge in [-0.25, -0.2) is 0 Å². The number of hydrogen-bond acceptors (Lipinski definition) is 2. The SMILES string of the molecule is CCO.CCO.[Al].[LiH]. The molecule has 45 valence electrons. The summed E-state index contributed by atoms with van der Waals surface area (Å²) in [6.45, 7) is 3.86. The van der Waals surface area contributed by atoms with Crippen LogP contribution in [0, 0.1) is 0 Å². The van der Waals surface area contributed by atoms with Crippen LogP contribution in [0.4, 0.5) is 0 Å². The summed E-state index contributed by atoms with van der Waals surface area (Å²) in [4.78, 5) is 0. The van der Waals surface area contributed by atoms with Crippen molar-refractivity contribution in [3.63, 3.8) is 0 Å². The molecular weight excluding hydrogens is 114 g/mol. The van der Waals surface area contributed by atoms with Gasteiger partial charge in [0, 0.05) is 30.6 Å². The Morgan fingerprint density at radius 3 is 1.00 bits per heavy atom. The molecule has 0 aromatic rings. The van der Waals surface area contributed by atoms with Gasteiger partial charge in [-0.1, -0.05) is 0 Å². The second kappa shape index (κ2) is 43.0. The van der Waals surface area contributed by atoms with Crippen LogP contribution in [0.1, 0.15) is 13.8 Å². The van der Waals surface area contributed by atoms with Gasteiger partial charge in [0.2, 0.25) is 0 Å². The van der Waals surface area contributed by atoms with Crippen LogP contribution in [-0.4, -0.2) is 59.6 Å². The minimum atomic E-state index is 0. The van der Waals surface area contributed by atoms with Gasteiger partial charge in [0.25, 0.3) is 0 Å². The fourth-order valence-corrected chi connectivity index (χ4v) is 0. The van der Waals surface area contributed by atoms with Crippen molar-refractivity contribution in [1.82, 2.24) is 0 Å². The fourth-order valence-electron chi connectivity index (χ4n) is 0. The maximum atomic E-state index is 7.57. The number of rotatable bonds is 0. The Hall–Kier alpha value is 1.05. The zero-order chi connectivity index (χ0) is 5.41. The number of hydrogen-bond donors (Lipinski definition) is 2. The van der Waals surface area contributed by atoms with E-state index in [0.717, 1.165) is 0 Å². The normalized spacial score (nSPS) is 4.50. The molecule has 0 atom stereocenters. The van der Waals surface area contributed by atoms with Crippen molar-refractivity contribution in [2.75, 3.05) is 13.2 Å². The molecule has 0 aliphatic carbocycles. The molecule has 0 aromatic carbocycles. The zero-order valence-corrected chi connectivity index (χ0v) is 6.04. The van der Waals surface area contributed by atoms with Gasteiger partial charge in [-0.05, 0) is 13.8 Å². The van der Waals surface area contributed by atoms with Gasteiger partial charge >= 0.3 is 18.9 Å². The molecule has 0 unspecified atom stereocenters. The van der Waals surface area contributed by atoms with E-state index in [0.29, 0.717) is 0 Å². The Labute approximate surface area is 73.6 Å². The van der Waals surface area contributed by atoms with Crippen molar-refractivity contribution in [3.05, 3.63) is 0 Å². The van der Waals surface area contributed by atoms with Gasteiger partial charge in [0.05, 0.1) is 0 Å². The first-order chi connectivity index (χ1) is 2.83. The molecule has 0 aliphatic heterocycles. The summed E-state index contributed by atoms with van der Waals surface area (Å²) in [5.74, 6) is 0. The molecule has 0 heterocycles. The molecule has 0 fully saturated rings. The minimum absolute atomic E-state index is 0. The van der Waals surface area contributed by atoms with E-state index in [2.05, 4.69) is 0 Å². The number of aliphatic hydroxyl groups is 2. The van der Waals surface area contributed by atoms with Crippen LogP contribution in [0.2, 0.25) is 0 Å². The standard InChI is InChI=1S/2C2H6O.Al.Li.H/c2*1-2-3;;;/h2*3H,2H2,1H3;;;. The Balaban J connectivity index is -0.0000000160.